The van der Waals surface area contributed by atoms with Crippen LogP contribution in [0.4, 0.5) is 4.39 Å². The molecule has 0 unspecified atom stereocenters. The Kier molecular flexibility index (Phi) is 2.41. The van der Waals surface area contributed by atoms with Gasteiger partial charge in [-0.1, -0.05) is 30.3 Å². The van der Waals surface area contributed by atoms with Gasteiger partial charge in [0.2, 0.25) is 6.36 Å². The zero-order chi connectivity index (χ0) is 12.1. The van der Waals surface area contributed by atoms with Gasteiger partial charge in [0.15, 0.2) is 12.6 Å². The smallest absolute Gasteiger partial charge is 0.209 e. The van der Waals surface area contributed by atoms with Crippen molar-refractivity contribution in [1.82, 2.24) is 0 Å². The van der Waals surface area contributed by atoms with E-state index in [0.717, 1.165) is 5.56 Å². The van der Waals surface area contributed by atoms with Gasteiger partial charge in [-0.25, -0.2) is 4.39 Å². The van der Waals surface area contributed by atoms with Crippen molar-refractivity contribution in [3.63, 3.8) is 0 Å². The minimum Gasteiger partial charge on any atom is -0.349 e. The molecule has 5 rings (SSSR count). The molecule has 0 aromatic heterocycles. The summed E-state index contributed by atoms with van der Waals surface area (Å²) in [6.07, 6.45) is -3.03. The van der Waals surface area contributed by atoms with Gasteiger partial charge in [0.05, 0.1) is 12.5 Å². The lowest BCUT2D eigenvalue weighted by atomic mass is 9.93. The van der Waals surface area contributed by atoms with Crippen LogP contribution < -0.4 is 0 Å². The topological polar surface area (TPSA) is 36.9 Å². The van der Waals surface area contributed by atoms with E-state index in [9.17, 15) is 4.39 Å². The zero-order valence-corrected chi connectivity index (χ0v) is 9.57. The lowest BCUT2D eigenvalue weighted by Gasteiger charge is -2.44. The highest BCUT2D eigenvalue weighted by Crippen LogP contribution is 2.45. The Morgan fingerprint density at radius 3 is 2.56 bits per heavy atom. The quantitative estimate of drug-likeness (QED) is 0.763. The molecule has 0 N–H and O–H groups in total. The molecule has 4 heterocycles. The van der Waals surface area contributed by atoms with E-state index in [1.54, 1.807) is 0 Å². The van der Waals surface area contributed by atoms with Crippen LogP contribution in [0, 0.1) is 5.92 Å². The van der Waals surface area contributed by atoms with Crippen LogP contribution in [0.25, 0.3) is 0 Å². The predicted octanol–water partition coefficient (Wildman–Crippen LogP) is 1.77. The molecule has 2 bridgehead atoms. The molecule has 0 radical (unpaired) electrons. The van der Waals surface area contributed by atoms with Crippen LogP contribution in [0.2, 0.25) is 0 Å². The molecule has 0 spiro atoms. The number of halogens is 1. The van der Waals surface area contributed by atoms with E-state index < -0.39 is 24.9 Å². The van der Waals surface area contributed by atoms with Crippen molar-refractivity contribution in [3.05, 3.63) is 35.9 Å². The average molecular weight is 252 g/mol. The van der Waals surface area contributed by atoms with Crippen molar-refractivity contribution in [1.29, 1.82) is 0 Å². The maximum Gasteiger partial charge on any atom is 0.209 e. The zero-order valence-electron chi connectivity index (χ0n) is 9.57. The second-order valence-corrected chi connectivity index (χ2v) is 4.80. The summed E-state index contributed by atoms with van der Waals surface area (Å²) in [6, 6.07) is 9.63. The lowest BCUT2D eigenvalue weighted by Crippen LogP contribution is -2.59. The number of ether oxygens (including phenoxy) is 4. The fourth-order valence-electron chi connectivity index (χ4n) is 2.77. The van der Waals surface area contributed by atoms with Crippen molar-refractivity contribution >= 4 is 0 Å². The number of hydrogen-bond acceptors (Lipinski definition) is 4. The molecule has 96 valence electrons. The maximum absolute atomic E-state index is 13.6. The fourth-order valence-corrected chi connectivity index (χ4v) is 2.77. The highest BCUT2D eigenvalue weighted by molar-refractivity contribution is 5.17. The van der Waals surface area contributed by atoms with Crippen LogP contribution in [-0.4, -0.2) is 31.5 Å². The van der Waals surface area contributed by atoms with Gasteiger partial charge in [0.25, 0.3) is 0 Å². The standard InChI is InChI=1S/C13H13FO4/c14-11-8-6-15-13(18-11)10-9(8)16-12(17-10)7-4-2-1-3-5-7/h1-5,8-13H,6H2/t8-,9+,10+,11+,12+,13-/m1/s1. The highest BCUT2D eigenvalue weighted by Gasteiger charge is 2.57. The third kappa shape index (κ3) is 1.52. The van der Waals surface area contributed by atoms with E-state index in [1.807, 2.05) is 30.3 Å². The predicted molar refractivity (Wildman–Crippen MR) is 58.1 cm³/mol. The minimum absolute atomic E-state index is 0.280. The molecular formula is C13H13FO4. The molecule has 0 saturated carbocycles. The molecule has 1 aromatic carbocycles. The van der Waals surface area contributed by atoms with Crippen molar-refractivity contribution in [2.45, 2.75) is 31.1 Å². The van der Waals surface area contributed by atoms with Gasteiger partial charge in [-0.15, -0.1) is 0 Å². The van der Waals surface area contributed by atoms with Crippen LogP contribution in [-0.2, 0) is 18.9 Å². The van der Waals surface area contributed by atoms with Gasteiger partial charge < -0.3 is 18.9 Å². The van der Waals surface area contributed by atoms with Gasteiger partial charge in [-0.05, 0) is 0 Å². The van der Waals surface area contributed by atoms with E-state index in [0.29, 0.717) is 6.61 Å². The summed E-state index contributed by atoms with van der Waals surface area (Å²) >= 11 is 0. The molecule has 0 aliphatic carbocycles. The summed E-state index contributed by atoms with van der Waals surface area (Å²) in [5, 5.41) is 0. The van der Waals surface area contributed by atoms with Crippen LogP contribution in [0.15, 0.2) is 30.3 Å². The summed E-state index contributed by atoms with van der Waals surface area (Å²) in [4.78, 5) is 0. The van der Waals surface area contributed by atoms with Crippen molar-refractivity contribution in [2.75, 3.05) is 6.61 Å². The summed E-state index contributed by atoms with van der Waals surface area (Å²) in [5.41, 5.74) is 0.932. The Balaban J connectivity index is 1.60. The number of alkyl halides is 1. The van der Waals surface area contributed by atoms with Crippen LogP contribution in [0.5, 0.6) is 0 Å². The van der Waals surface area contributed by atoms with Crippen molar-refractivity contribution in [2.24, 2.45) is 5.92 Å². The molecule has 0 amide bonds. The Morgan fingerprint density at radius 2 is 1.78 bits per heavy atom. The molecule has 6 atom stereocenters. The van der Waals surface area contributed by atoms with E-state index in [4.69, 9.17) is 18.9 Å². The molecule has 1 aromatic rings. The lowest BCUT2D eigenvalue weighted by molar-refractivity contribution is -0.344. The Hall–Kier alpha value is -1.01. The van der Waals surface area contributed by atoms with Crippen molar-refractivity contribution < 1.29 is 23.3 Å². The molecule has 4 fully saturated rings. The number of benzene rings is 1. The summed E-state index contributed by atoms with van der Waals surface area (Å²) < 4.78 is 35.7. The van der Waals surface area contributed by atoms with E-state index >= 15 is 0 Å². The first-order valence-electron chi connectivity index (χ1n) is 6.10. The largest absolute Gasteiger partial charge is 0.349 e. The summed E-state index contributed by atoms with van der Waals surface area (Å²) in [7, 11) is 0. The average Bonchev–Trinajstić information content (AvgIpc) is 2.87. The van der Waals surface area contributed by atoms with Gasteiger partial charge >= 0.3 is 0 Å². The first-order chi connectivity index (χ1) is 8.83. The molecule has 18 heavy (non-hydrogen) atoms. The Labute approximate surface area is 104 Å². The number of fused-ring (bicyclic) bond motifs is 2. The summed E-state index contributed by atoms with van der Waals surface area (Å²) in [5.74, 6) is -0.395. The van der Waals surface area contributed by atoms with Crippen LogP contribution >= 0.6 is 0 Å². The molecule has 4 aliphatic rings. The normalized spacial score (nSPS) is 46.1. The van der Waals surface area contributed by atoms with Crippen molar-refractivity contribution in [3.8, 4) is 0 Å². The number of rotatable bonds is 1. The molecule has 5 heteroatoms. The molecule has 4 aliphatic heterocycles. The fraction of sp³-hybridized carbons (Fsp3) is 0.538. The maximum atomic E-state index is 13.6. The minimum atomic E-state index is -1.32. The third-order valence-corrected chi connectivity index (χ3v) is 3.70. The Morgan fingerprint density at radius 1 is 1.00 bits per heavy atom. The van der Waals surface area contributed by atoms with E-state index in [-0.39, 0.29) is 12.2 Å². The first kappa shape index (κ1) is 10.9. The van der Waals surface area contributed by atoms with Gasteiger partial charge in [-0.2, -0.15) is 0 Å². The Bertz CT molecular complexity index is 440. The second-order valence-electron chi connectivity index (χ2n) is 4.80. The van der Waals surface area contributed by atoms with Gasteiger partial charge in [0, 0.05) is 5.56 Å². The number of hydrogen-bond donors (Lipinski definition) is 0. The molecular weight excluding hydrogens is 239 g/mol. The van der Waals surface area contributed by atoms with Crippen LogP contribution in [0.1, 0.15) is 11.9 Å². The molecule has 4 nitrogen and oxygen atoms in total. The van der Waals surface area contributed by atoms with E-state index in [1.165, 1.54) is 0 Å². The molecule has 4 saturated heterocycles. The summed E-state index contributed by atoms with van der Waals surface area (Å²) in [6.45, 7) is 0.331. The van der Waals surface area contributed by atoms with Gasteiger partial charge in [0.1, 0.15) is 12.2 Å². The highest BCUT2D eigenvalue weighted by atomic mass is 19.1. The second kappa shape index (κ2) is 3.99. The first-order valence-corrected chi connectivity index (χ1v) is 6.10. The van der Waals surface area contributed by atoms with Gasteiger partial charge in [-0.3, -0.25) is 0 Å². The third-order valence-electron chi connectivity index (χ3n) is 3.70. The van der Waals surface area contributed by atoms with Crippen LogP contribution in [0.3, 0.4) is 0 Å². The SMILES string of the molecule is F[C@H]1O[C@H]2OC[C@@H]1[C@@H]1O[C@H](c3ccccc3)O[C@H]21. The monoisotopic (exact) mass is 252 g/mol. The van der Waals surface area contributed by atoms with E-state index in [2.05, 4.69) is 0 Å².